The number of rotatable bonds is 7. The Morgan fingerprint density at radius 3 is 2.33 bits per heavy atom. The van der Waals surface area contributed by atoms with Gasteiger partial charge in [-0.05, 0) is 48.9 Å². The quantitative estimate of drug-likeness (QED) is 0.682. The molecule has 1 fully saturated rings. The molecule has 8 heteroatoms. The van der Waals surface area contributed by atoms with E-state index in [-0.39, 0.29) is 16.5 Å². The van der Waals surface area contributed by atoms with Crippen LogP contribution in [0.3, 0.4) is 0 Å². The van der Waals surface area contributed by atoms with Crippen LogP contribution in [-0.2, 0) is 14.6 Å². The molecular formula is C19H19ClFNO3S2. The molecule has 3 atom stereocenters. The van der Waals surface area contributed by atoms with Crippen LogP contribution in [0, 0.1) is 11.2 Å². The Bertz CT molecular complexity index is 948. The van der Waals surface area contributed by atoms with Gasteiger partial charge in [0.1, 0.15) is 5.82 Å². The second-order valence-corrected chi connectivity index (χ2v) is 9.44. The zero-order chi connectivity index (χ0) is 19.8. The van der Waals surface area contributed by atoms with E-state index in [1.165, 1.54) is 36.4 Å². The number of benzene rings is 2. The van der Waals surface area contributed by atoms with Gasteiger partial charge in [-0.2, -0.15) is 0 Å². The van der Waals surface area contributed by atoms with Crippen LogP contribution in [0.1, 0.15) is 18.4 Å². The molecule has 1 aliphatic carbocycles. The molecule has 0 radical (unpaired) electrons. The maximum Gasteiger partial charge on any atom is 0.182 e. The highest BCUT2D eigenvalue weighted by molar-refractivity contribution is 7.92. The molecule has 2 aromatic rings. The number of thiocarbonyl (C=S) groups is 1. The SMILES string of the molecule is CCOC[C@@]1(C(N)=S)[C@H](S(=O)(=O)c2ccc(Cl)cc2)[C@@H]1c1ccc(F)cc1. The van der Waals surface area contributed by atoms with E-state index >= 15 is 0 Å². The maximum atomic E-state index is 13.4. The molecule has 0 amide bonds. The van der Waals surface area contributed by atoms with E-state index in [1.54, 1.807) is 12.1 Å². The molecule has 27 heavy (non-hydrogen) atoms. The van der Waals surface area contributed by atoms with Crippen molar-refractivity contribution in [1.82, 2.24) is 0 Å². The van der Waals surface area contributed by atoms with Gasteiger partial charge in [0, 0.05) is 17.5 Å². The van der Waals surface area contributed by atoms with Crippen LogP contribution >= 0.6 is 23.8 Å². The van der Waals surface area contributed by atoms with E-state index in [2.05, 4.69) is 0 Å². The number of sulfone groups is 1. The van der Waals surface area contributed by atoms with E-state index in [0.717, 1.165) is 0 Å². The monoisotopic (exact) mass is 427 g/mol. The molecular weight excluding hydrogens is 409 g/mol. The first-order chi connectivity index (χ1) is 12.7. The van der Waals surface area contributed by atoms with Crippen molar-refractivity contribution in [3.63, 3.8) is 0 Å². The van der Waals surface area contributed by atoms with Gasteiger partial charge >= 0.3 is 0 Å². The minimum atomic E-state index is -3.77. The summed E-state index contributed by atoms with van der Waals surface area (Å²) in [5, 5.41) is -0.449. The molecule has 4 nitrogen and oxygen atoms in total. The van der Waals surface area contributed by atoms with Crippen molar-refractivity contribution in [1.29, 1.82) is 0 Å². The normalized spacial score (nSPS) is 24.6. The van der Waals surface area contributed by atoms with Crippen LogP contribution in [-0.4, -0.2) is 31.9 Å². The Balaban J connectivity index is 2.10. The fraction of sp³-hybridized carbons (Fsp3) is 0.316. The summed E-state index contributed by atoms with van der Waals surface area (Å²) in [4.78, 5) is 0.214. The molecule has 2 aromatic carbocycles. The van der Waals surface area contributed by atoms with Crippen molar-refractivity contribution in [2.24, 2.45) is 11.1 Å². The molecule has 0 aliphatic heterocycles. The van der Waals surface area contributed by atoms with E-state index < -0.39 is 32.2 Å². The van der Waals surface area contributed by atoms with Gasteiger partial charge in [0.05, 0.1) is 27.2 Å². The van der Waals surface area contributed by atoms with Crippen molar-refractivity contribution in [2.75, 3.05) is 13.2 Å². The van der Waals surface area contributed by atoms with Crippen molar-refractivity contribution in [2.45, 2.75) is 23.0 Å². The van der Waals surface area contributed by atoms with E-state index in [0.29, 0.717) is 17.2 Å². The molecule has 3 rings (SSSR count). The van der Waals surface area contributed by atoms with Crippen molar-refractivity contribution in [3.05, 3.63) is 64.9 Å². The summed E-state index contributed by atoms with van der Waals surface area (Å²) < 4.78 is 45.6. The molecule has 0 bridgehead atoms. The smallest absolute Gasteiger partial charge is 0.182 e. The Labute approximate surface area is 168 Å². The van der Waals surface area contributed by atoms with Crippen molar-refractivity contribution >= 4 is 38.6 Å². The van der Waals surface area contributed by atoms with Crippen molar-refractivity contribution in [3.8, 4) is 0 Å². The average molecular weight is 428 g/mol. The fourth-order valence-corrected chi connectivity index (χ4v) is 6.48. The molecule has 0 aromatic heterocycles. The Morgan fingerprint density at radius 2 is 1.81 bits per heavy atom. The number of hydrogen-bond donors (Lipinski definition) is 1. The lowest BCUT2D eigenvalue weighted by molar-refractivity contribution is 0.121. The standard InChI is InChI=1S/C19H19ClFNO3S2/c1-2-25-11-19(18(22)26)16(12-3-7-14(21)8-4-12)17(19)27(23,24)15-9-5-13(20)6-10-15/h3-10,16-17H,2,11H2,1H3,(H2,22,26)/t16-,17+,19-/m0/s1. The number of nitrogens with two attached hydrogens (primary N) is 1. The zero-order valence-corrected chi connectivity index (χ0v) is 17.0. The minimum Gasteiger partial charge on any atom is -0.393 e. The second kappa shape index (κ2) is 7.47. The number of hydrogen-bond acceptors (Lipinski definition) is 4. The van der Waals surface area contributed by atoms with Crippen LogP contribution in [0.2, 0.25) is 5.02 Å². The molecule has 1 saturated carbocycles. The first-order valence-corrected chi connectivity index (χ1v) is 10.7. The molecule has 1 aliphatic rings. The van der Waals surface area contributed by atoms with Crippen LogP contribution in [0.5, 0.6) is 0 Å². The average Bonchev–Trinajstić information content (AvgIpc) is 3.32. The van der Waals surface area contributed by atoms with E-state index in [9.17, 15) is 12.8 Å². The maximum absolute atomic E-state index is 13.4. The van der Waals surface area contributed by atoms with Gasteiger partial charge in [-0.1, -0.05) is 36.0 Å². The van der Waals surface area contributed by atoms with Crippen LogP contribution < -0.4 is 5.73 Å². The molecule has 2 N–H and O–H groups in total. The second-order valence-electron chi connectivity index (χ2n) is 6.49. The van der Waals surface area contributed by atoms with Crippen LogP contribution in [0.15, 0.2) is 53.4 Å². The summed E-state index contributed by atoms with van der Waals surface area (Å²) in [5.41, 5.74) is 5.63. The summed E-state index contributed by atoms with van der Waals surface area (Å²) >= 11 is 11.1. The predicted octanol–water partition coefficient (Wildman–Crippen LogP) is 3.73. The lowest BCUT2D eigenvalue weighted by Gasteiger charge is -2.17. The van der Waals surface area contributed by atoms with Gasteiger partial charge in [0.25, 0.3) is 0 Å². The first-order valence-electron chi connectivity index (χ1n) is 8.37. The lowest BCUT2D eigenvalue weighted by Crippen LogP contribution is -2.33. The Morgan fingerprint density at radius 1 is 1.22 bits per heavy atom. The van der Waals surface area contributed by atoms with E-state index in [1.807, 2.05) is 6.92 Å². The molecule has 144 valence electrons. The fourth-order valence-electron chi connectivity index (χ4n) is 3.58. The lowest BCUT2D eigenvalue weighted by atomic mass is 10.00. The predicted molar refractivity (Wildman–Crippen MR) is 107 cm³/mol. The number of halogens is 2. The van der Waals surface area contributed by atoms with Gasteiger partial charge in [-0.15, -0.1) is 0 Å². The Hall–Kier alpha value is -1.54. The zero-order valence-electron chi connectivity index (χ0n) is 14.6. The Kier molecular flexibility index (Phi) is 5.59. The minimum absolute atomic E-state index is 0.0767. The van der Waals surface area contributed by atoms with Gasteiger partial charge in [-0.3, -0.25) is 0 Å². The molecule has 0 heterocycles. The summed E-state index contributed by atoms with van der Waals surface area (Å²) in [6.07, 6.45) is 0. The highest BCUT2D eigenvalue weighted by Gasteiger charge is 2.73. The van der Waals surface area contributed by atoms with Gasteiger partial charge < -0.3 is 10.5 Å². The van der Waals surface area contributed by atoms with Gasteiger partial charge in [-0.25, -0.2) is 12.8 Å². The highest BCUT2D eigenvalue weighted by Crippen LogP contribution is 2.64. The summed E-state index contributed by atoms with van der Waals surface area (Å²) in [6.45, 7) is 2.29. The third-order valence-corrected chi connectivity index (χ3v) is 7.89. The first kappa shape index (κ1) is 20.2. The highest BCUT2D eigenvalue weighted by atomic mass is 35.5. The van der Waals surface area contributed by atoms with Crippen molar-refractivity contribution < 1.29 is 17.5 Å². The largest absolute Gasteiger partial charge is 0.393 e. The third-order valence-electron chi connectivity index (χ3n) is 4.97. The van der Waals surface area contributed by atoms with E-state index in [4.69, 9.17) is 34.3 Å². The molecule has 0 unspecified atom stereocenters. The van der Waals surface area contributed by atoms with Crippen LogP contribution in [0.4, 0.5) is 4.39 Å². The summed E-state index contributed by atoms with van der Waals surface area (Å²) in [5.74, 6) is -0.912. The number of ether oxygens (including phenoxy) is 1. The van der Waals surface area contributed by atoms with Gasteiger partial charge in [0.15, 0.2) is 9.84 Å². The van der Waals surface area contributed by atoms with Crippen LogP contribution in [0.25, 0.3) is 0 Å². The summed E-state index contributed by atoms with van der Waals surface area (Å²) in [6, 6.07) is 11.7. The topological polar surface area (TPSA) is 69.4 Å². The third kappa shape index (κ3) is 3.49. The molecule has 0 spiro atoms. The summed E-state index contributed by atoms with van der Waals surface area (Å²) in [7, 11) is -3.77. The van der Waals surface area contributed by atoms with Gasteiger partial charge in [0.2, 0.25) is 0 Å². The molecule has 0 saturated heterocycles.